The molecule has 1 atom stereocenters. The van der Waals surface area contributed by atoms with Gasteiger partial charge in [-0.25, -0.2) is 8.78 Å². The first-order valence-corrected chi connectivity index (χ1v) is 7.24. The van der Waals surface area contributed by atoms with Gasteiger partial charge in [-0.2, -0.15) is 0 Å². The second-order valence-corrected chi connectivity index (χ2v) is 5.67. The standard InChI is InChI=1S/C17H17ClF2O/c1-11(2)21-15-7-4-12(5-8-15)16(18)9-13-3-6-14(19)10-17(13)20/h3-8,10-11,16H,9H2,1-2H3. The van der Waals surface area contributed by atoms with Crippen molar-refractivity contribution in [2.75, 3.05) is 0 Å². The normalized spacial score (nSPS) is 12.5. The van der Waals surface area contributed by atoms with E-state index in [0.717, 1.165) is 17.4 Å². The first kappa shape index (κ1) is 15.8. The third-order valence-electron chi connectivity index (χ3n) is 3.03. The molecule has 0 amide bonds. The van der Waals surface area contributed by atoms with Crippen molar-refractivity contribution in [2.45, 2.75) is 31.7 Å². The lowest BCUT2D eigenvalue weighted by molar-refractivity contribution is 0.242. The van der Waals surface area contributed by atoms with E-state index in [9.17, 15) is 8.78 Å². The number of alkyl halides is 1. The summed E-state index contributed by atoms with van der Waals surface area (Å²) in [5.41, 5.74) is 1.27. The molecule has 0 aromatic heterocycles. The van der Waals surface area contributed by atoms with Gasteiger partial charge in [0.1, 0.15) is 17.4 Å². The summed E-state index contributed by atoms with van der Waals surface area (Å²) < 4.78 is 32.0. The van der Waals surface area contributed by atoms with E-state index in [1.807, 2.05) is 38.1 Å². The SMILES string of the molecule is CC(C)Oc1ccc(C(Cl)Cc2ccc(F)cc2F)cc1. The van der Waals surface area contributed by atoms with Crippen molar-refractivity contribution < 1.29 is 13.5 Å². The van der Waals surface area contributed by atoms with Crippen molar-refractivity contribution >= 4 is 11.6 Å². The van der Waals surface area contributed by atoms with Crippen LogP contribution in [0.25, 0.3) is 0 Å². The Kier molecular flexibility index (Phi) is 5.18. The summed E-state index contributed by atoms with van der Waals surface area (Å²) in [5.74, 6) is -0.386. The van der Waals surface area contributed by atoms with Gasteiger partial charge in [0.25, 0.3) is 0 Å². The van der Waals surface area contributed by atoms with Gasteiger partial charge in [0.05, 0.1) is 11.5 Å². The van der Waals surface area contributed by atoms with E-state index >= 15 is 0 Å². The summed E-state index contributed by atoms with van der Waals surface area (Å²) >= 11 is 6.31. The quantitative estimate of drug-likeness (QED) is 0.683. The van der Waals surface area contributed by atoms with Gasteiger partial charge in [0, 0.05) is 6.07 Å². The van der Waals surface area contributed by atoms with E-state index in [0.29, 0.717) is 12.0 Å². The Balaban J connectivity index is 2.07. The molecule has 1 nitrogen and oxygen atoms in total. The minimum absolute atomic E-state index is 0.107. The highest BCUT2D eigenvalue weighted by molar-refractivity contribution is 6.20. The number of hydrogen-bond donors (Lipinski definition) is 0. The van der Waals surface area contributed by atoms with Crippen LogP contribution in [-0.4, -0.2) is 6.10 Å². The lowest BCUT2D eigenvalue weighted by Gasteiger charge is -2.13. The summed E-state index contributed by atoms with van der Waals surface area (Å²) in [7, 11) is 0. The van der Waals surface area contributed by atoms with Crippen LogP contribution in [0.15, 0.2) is 42.5 Å². The van der Waals surface area contributed by atoms with Crippen LogP contribution in [0.3, 0.4) is 0 Å². The zero-order chi connectivity index (χ0) is 15.4. The zero-order valence-electron chi connectivity index (χ0n) is 11.9. The predicted octanol–water partition coefficient (Wildman–Crippen LogP) is 5.27. The molecule has 2 aromatic carbocycles. The Hall–Kier alpha value is -1.61. The summed E-state index contributed by atoms with van der Waals surface area (Å²) in [4.78, 5) is 0. The summed E-state index contributed by atoms with van der Waals surface area (Å²) in [6, 6.07) is 10.9. The van der Waals surface area contributed by atoms with Crippen molar-refractivity contribution in [3.05, 3.63) is 65.2 Å². The Morgan fingerprint density at radius 1 is 1.05 bits per heavy atom. The zero-order valence-corrected chi connectivity index (χ0v) is 12.7. The van der Waals surface area contributed by atoms with E-state index in [2.05, 4.69) is 0 Å². The Labute approximate surface area is 128 Å². The second kappa shape index (κ2) is 6.90. The molecule has 0 N–H and O–H groups in total. The number of ether oxygens (including phenoxy) is 1. The average molecular weight is 311 g/mol. The van der Waals surface area contributed by atoms with Crippen LogP contribution < -0.4 is 4.74 Å². The number of rotatable bonds is 5. The predicted molar refractivity (Wildman–Crippen MR) is 80.9 cm³/mol. The highest BCUT2D eigenvalue weighted by atomic mass is 35.5. The fourth-order valence-electron chi connectivity index (χ4n) is 2.03. The Bertz CT molecular complexity index is 596. The Morgan fingerprint density at radius 3 is 2.29 bits per heavy atom. The van der Waals surface area contributed by atoms with Crippen molar-refractivity contribution in [1.29, 1.82) is 0 Å². The maximum absolute atomic E-state index is 13.6. The smallest absolute Gasteiger partial charge is 0.129 e. The molecule has 2 rings (SSSR count). The molecular formula is C17H17ClF2O. The lowest BCUT2D eigenvalue weighted by atomic mass is 10.0. The van der Waals surface area contributed by atoms with Gasteiger partial charge in [0.15, 0.2) is 0 Å². The van der Waals surface area contributed by atoms with Crippen LogP contribution in [0.2, 0.25) is 0 Å². The maximum atomic E-state index is 13.6. The van der Waals surface area contributed by atoms with Gasteiger partial charge in [-0.15, -0.1) is 11.6 Å². The average Bonchev–Trinajstić information content (AvgIpc) is 2.42. The van der Waals surface area contributed by atoms with Crippen molar-refractivity contribution in [2.24, 2.45) is 0 Å². The van der Waals surface area contributed by atoms with Crippen molar-refractivity contribution in [3.8, 4) is 5.75 Å². The molecule has 4 heteroatoms. The summed E-state index contributed by atoms with van der Waals surface area (Å²) in [6.45, 7) is 3.91. The fraction of sp³-hybridized carbons (Fsp3) is 0.294. The van der Waals surface area contributed by atoms with Gasteiger partial charge in [-0.05, 0) is 49.6 Å². The topological polar surface area (TPSA) is 9.23 Å². The van der Waals surface area contributed by atoms with E-state index < -0.39 is 11.6 Å². The minimum atomic E-state index is -0.586. The molecule has 0 heterocycles. The fourth-order valence-corrected chi connectivity index (χ4v) is 2.34. The maximum Gasteiger partial charge on any atom is 0.129 e. The van der Waals surface area contributed by atoms with E-state index in [1.54, 1.807) is 0 Å². The molecule has 2 aromatic rings. The van der Waals surface area contributed by atoms with Crippen LogP contribution in [0.5, 0.6) is 5.75 Å². The molecule has 0 aliphatic rings. The van der Waals surface area contributed by atoms with Gasteiger partial charge < -0.3 is 4.74 Å². The van der Waals surface area contributed by atoms with Crippen LogP contribution in [0.4, 0.5) is 8.78 Å². The molecule has 0 fully saturated rings. The third kappa shape index (κ3) is 4.43. The monoisotopic (exact) mass is 310 g/mol. The number of halogens is 3. The molecule has 0 spiro atoms. The first-order valence-electron chi connectivity index (χ1n) is 6.80. The molecule has 0 saturated heterocycles. The molecule has 1 unspecified atom stereocenters. The number of benzene rings is 2. The molecule has 0 bridgehead atoms. The first-order chi connectivity index (χ1) is 9.95. The van der Waals surface area contributed by atoms with Crippen LogP contribution in [-0.2, 0) is 6.42 Å². The largest absolute Gasteiger partial charge is 0.491 e. The van der Waals surface area contributed by atoms with Crippen LogP contribution >= 0.6 is 11.6 Å². The molecule has 0 aliphatic carbocycles. The molecule has 0 aliphatic heterocycles. The van der Waals surface area contributed by atoms with Crippen LogP contribution in [0, 0.1) is 11.6 Å². The van der Waals surface area contributed by atoms with Gasteiger partial charge in [-0.3, -0.25) is 0 Å². The number of hydrogen-bond acceptors (Lipinski definition) is 1. The third-order valence-corrected chi connectivity index (χ3v) is 3.43. The summed E-state index contributed by atoms with van der Waals surface area (Å²) in [6.07, 6.45) is 0.411. The molecular weight excluding hydrogens is 294 g/mol. The van der Waals surface area contributed by atoms with E-state index in [1.165, 1.54) is 12.1 Å². The Morgan fingerprint density at radius 2 is 1.71 bits per heavy atom. The lowest BCUT2D eigenvalue weighted by Crippen LogP contribution is -2.05. The highest BCUT2D eigenvalue weighted by Gasteiger charge is 2.13. The van der Waals surface area contributed by atoms with Crippen LogP contribution in [0.1, 0.15) is 30.4 Å². The van der Waals surface area contributed by atoms with Crippen molar-refractivity contribution in [3.63, 3.8) is 0 Å². The van der Waals surface area contributed by atoms with Crippen molar-refractivity contribution in [1.82, 2.24) is 0 Å². The molecule has 112 valence electrons. The minimum Gasteiger partial charge on any atom is -0.491 e. The van der Waals surface area contributed by atoms with Gasteiger partial charge >= 0.3 is 0 Å². The van der Waals surface area contributed by atoms with Gasteiger partial charge in [0.2, 0.25) is 0 Å². The molecule has 0 saturated carbocycles. The van der Waals surface area contributed by atoms with Gasteiger partial charge in [-0.1, -0.05) is 18.2 Å². The highest BCUT2D eigenvalue weighted by Crippen LogP contribution is 2.28. The molecule has 0 radical (unpaired) electrons. The summed E-state index contributed by atoms with van der Waals surface area (Å²) in [5, 5.41) is -0.377. The van der Waals surface area contributed by atoms with E-state index in [4.69, 9.17) is 16.3 Å². The second-order valence-electron chi connectivity index (χ2n) is 5.14. The molecule has 21 heavy (non-hydrogen) atoms. The van der Waals surface area contributed by atoms with E-state index in [-0.39, 0.29) is 11.5 Å².